The lowest BCUT2D eigenvalue weighted by molar-refractivity contribution is -0.131. The second-order valence-electron chi connectivity index (χ2n) is 4.09. The van der Waals surface area contributed by atoms with Crippen molar-refractivity contribution in [1.82, 2.24) is 10.3 Å². The number of nitrogens with zero attached hydrogens (tertiary/aromatic N) is 2. The van der Waals surface area contributed by atoms with E-state index in [9.17, 15) is 9.59 Å². The predicted octanol–water partition coefficient (Wildman–Crippen LogP) is 1.14. The topological polar surface area (TPSA) is 82.5 Å². The van der Waals surface area contributed by atoms with E-state index >= 15 is 0 Å². The SMILES string of the molecule is CCNC(=O)CN(CC)c1ccc(/C=C/C(=O)O)cn1. The van der Waals surface area contributed by atoms with Crippen molar-refractivity contribution in [3.8, 4) is 0 Å². The standard InChI is InChI=1S/C14H19N3O3/c1-3-15-13(18)10-17(4-2)12-7-5-11(9-16-12)6-8-14(19)20/h5-9H,3-4,10H2,1-2H3,(H,15,18)(H,19,20)/b8-6+. The molecule has 0 spiro atoms. The van der Waals surface area contributed by atoms with Crippen LogP contribution in [0.15, 0.2) is 24.4 Å². The van der Waals surface area contributed by atoms with Gasteiger partial charge in [-0.1, -0.05) is 0 Å². The van der Waals surface area contributed by atoms with E-state index in [0.29, 0.717) is 24.5 Å². The van der Waals surface area contributed by atoms with E-state index in [2.05, 4.69) is 10.3 Å². The summed E-state index contributed by atoms with van der Waals surface area (Å²) in [5, 5.41) is 11.3. The minimum atomic E-state index is -1.000. The number of anilines is 1. The number of rotatable bonds is 7. The molecule has 6 heteroatoms. The Labute approximate surface area is 118 Å². The molecule has 0 aliphatic heterocycles. The average molecular weight is 277 g/mol. The molecule has 0 bridgehead atoms. The molecule has 1 aromatic rings. The van der Waals surface area contributed by atoms with Crippen LogP contribution in [0.4, 0.5) is 5.82 Å². The van der Waals surface area contributed by atoms with Crippen molar-refractivity contribution in [2.75, 3.05) is 24.5 Å². The minimum absolute atomic E-state index is 0.0500. The second-order valence-corrected chi connectivity index (χ2v) is 4.09. The van der Waals surface area contributed by atoms with Crippen molar-refractivity contribution in [2.45, 2.75) is 13.8 Å². The third kappa shape index (κ3) is 5.09. The molecule has 0 radical (unpaired) electrons. The summed E-state index contributed by atoms with van der Waals surface area (Å²) >= 11 is 0. The molecule has 6 nitrogen and oxygen atoms in total. The Morgan fingerprint density at radius 2 is 2.15 bits per heavy atom. The second kappa shape index (κ2) is 7.93. The number of hydrogen-bond donors (Lipinski definition) is 2. The van der Waals surface area contributed by atoms with Crippen LogP contribution in [-0.2, 0) is 9.59 Å². The quantitative estimate of drug-likeness (QED) is 0.730. The number of carbonyl (C=O) groups is 2. The zero-order valence-corrected chi connectivity index (χ0v) is 11.7. The summed E-state index contributed by atoms with van der Waals surface area (Å²) in [5.41, 5.74) is 0.699. The van der Waals surface area contributed by atoms with Gasteiger partial charge in [-0.15, -0.1) is 0 Å². The van der Waals surface area contributed by atoms with E-state index in [1.807, 2.05) is 18.7 Å². The highest BCUT2D eigenvalue weighted by Crippen LogP contribution is 2.11. The number of carboxylic acids is 1. The van der Waals surface area contributed by atoms with Gasteiger partial charge in [0.05, 0.1) is 6.54 Å². The lowest BCUT2D eigenvalue weighted by Gasteiger charge is -2.21. The molecule has 2 N–H and O–H groups in total. The Bertz CT molecular complexity index is 483. The third-order valence-electron chi connectivity index (χ3n) is 2.60. The van der Waals surface area contributed by atoms with E-state index in [1.165, 1.54) is 6.08 Å². The third-order valence-corrected chi connectivity index (χ3v) is 2.60. The molecule has 0 atom stereocenters. The zero-order valence-electron chi connectivity index (χ0n) is 11.7. The summed E-state index contributed by atoms with van der Waals surface area (Å²) in [6, 6.07) is 3.53. The van der Waals surface area contributed by atoms with Crippen molar-refractivity contribution in [3.63, 3.8) is 0 Å². The molecule has 0 fully saturated rings. The average Bonchev–Trinajstić information content (AvgIpc) is 2.43. The number of carboxylic acid groups (broad SMARTS) is 1. The zero-order chi connectivity index (χ0) is 15.0. The molecule has 0 aromatic carbocycles. The maximum absolute atomic E-state index is 11.6. The van der Waals surface area contributed by atoms with Crippen molar-refractivity contribution in [2.24, 2.45) is 0 Å². The van der Waals surface area contributed by atoms with Gasteiger partial charge in [0.15, 0.2) is 0 Å². The molecular formula is C14H19N3O3. The number of hydrogen-bond acceptors (Lipinski definition) is 4. The lowest BCUT2D eigenvalue weighted by atomic mass is 10.2. The van der Waals surface area contributed by atoms with E-state index in [-0.39, 0.29) is 12.5 Å². The number of amides is 1. The monoisotopic (exact) mass is 277 g/mol. The maximum atomic E-state index is 11.6. The Kier molecular flexibility index (Phi) is 6.22. The van der Waals surface area contributed by atoms with E-state index in [4.69, 9.17) is 5.11 Å². The highest BCUT2D eigenvalue weighted by atomic mass is 16.4. The molecule has 0 aliphatic rings. The number of nitrogens with one attached hydrogen (secondary N) is 1. The van der Waals surface area contributed by atoms with Crippen molar-refractivity contribution >= 4 is 23.8 Å². The van der Waals surface area contributed by atoms with Gasteiger partial charge in [0.25, 0.3) is 0 Å². The molecule has 1 heterocycles. The highest BCUT2D eigenvalue weighted by Gasteiger charge is 2.10. The maximum Gasteiger partial charge on any atom is 0.328 e. The molecule has 0 unspecified atom stereocenters. The highest BCUT2D eigenvalue weighted by molar-refractivity contribution is 5.85. The van der Waals surface area contributed by atoms with Gasteiger partial charge in [0.1, 0.15) is 5.82 Å². The number of aromatic nitrogens is 1. The van der Waals surface area contributed by atoms with Crippen LogP contribution in [0.2, 0.25) is 0 Å². The van der Waals surface area contributed by atoms with Crippen LogP contribution in [0.1, 0.15) is 19.4 Å². The fourth-order valence-corrected chi connectivity index (χ4v) is 1.63. The predicted molar refractivity (Wildman–Crippen MR) is 77.5 cm³/mol. The summed E-state index contributed by atoms with van der Waals surface area (Å²) < 4.78 is 0. The van der Waals surface area contributed by atoms with Crippen LogP contribution in [0.25, 0.3) is 6.08 Å². The first-order chi connectivity index (χ1) is 9.56. The number of likely N-dealkylation sites (N-methyl/N-ethyl adjacent to an activating group) is 2. The van der Waals surface area contributed by atoms with Crippen LogP contribution in [0, 0.1) is 0 Å². The normalized spacial score (nSPS) is 10.5. The molecular weight excluding hydrogens is 258 g/mol. The summed E-state index contributed by atoms with van der Waals surface area (Å²) in [6.45, 7) is 5.33. The summed E-state index contributed by atoms with van der Waals surface area (Å²) in [4.78, 5) is 28.1. The fraction of sp³-hybridized carbons (Fsp3) is 0.357. The van der Waals surface area contributed by atoms with Gasteiger partial charge in [0, 0.05) is 25.4 Å². The van der Waals surface area contributed by atoms with Crippen LogP contribution in [-0.4, -0.2) is 41.6 Å². The van der Waals surface area contributed by atoms with Gasteiger partial charge in [0.2, 0.25) is 5.91 Å². The Morgan fingerprint density at radius 3 is 2.65 bits per heavy atom. The van der Waals surface area contributed by atoms with Gasteiger partial charge in [-0.2, -0.15) is 0 Å². The van der Waals surface area contributed by atoms with E-state index < -0.39 is 5.97 Å². The van der Waals surface area contributed by atoms with Crippen molar-refractivity contribution in [1.29, 1.82) is 0 Å². The first-order valence-electron chi connectivity index (χ1n) is 6.45. The van der Waals surface area contributed by atoms with Crippen LogP contribution >= 0.6 is 0 Å². The van der Waals surface area contributed by atoms with Gasteiger partial charge in [-0.3, -0.25) is 4.79 Å². The molecule has 1 aromatic heterocycles. The lowest BCUT2D eigenvalue weighted by Crippen LogP contribution is -2.37. The fourth-order valence-electron chi connectivity index (χ4n) is 1.63. The van der Waals surface area contributed by atoms with Gasteiger partial charge >= 0.3 is 5.97 Å². The Morgan fingerprint density at radius 1 is 1.40 bits per heavy atom. The molecule has 0 saturated heterocycles. The molecule has 1 amide bonds. The molecule has 108 valence electrons. The van der Waals surface area contributed by atoms with Crippen LogP contribution < -0.4 is 10.2 Å². The smallest absolute Gasteiger partial charge is 0.328 e. The minimum Gasteiger partial charge on any atom is -0.478 e. The Balaban J connectivity index is 2.74. The van der Waals surface area contributed by atoms with Gasteiger partial charge in [-0.25, -0.2) is 9.78 Å². The van der Waals surface area contributed by atoms with Crippen molar-refractivity contribution < 1.29 is 14.7 Å². The molecule has 1 rings (SSSR count). The molecule has 0 saturated carbocycles. The largest absolute Gasteiger partial charge is 0.478 e. The first-order valence-corrected chi connectivity index (χ1v) is 6.45. The number of aliphatic carboxylic acids is 1. The Hall–Kier alpha value is -2.37. The van der Waals surface area contributed by atoms with Crippen LogP contribution in [0.5, 0.6) is 0 Å². The summed E-state index contributed by atoms with van der Waals surface area (Å²) in [5.74, 6) is -0.363. The van der Waals surface area contributed by atoms with E-state index in [0.717, 1.165) is 6.08 Å². The van der Waals surface area contributed by atoms with Crippen LogP contribution in [0.3, 0.4) is 0 Å². The van der Waals surface area contributed by atoms with Gasteiger partial charge in [-0.05, 0) is 37.6 Å². The number of carbonyl (C=O) groups excluding carboxylic acids is 1. The summed E-state index contributed by atoms with van der Waals surface area (Å²) in [7, 11) is 0. The first kappa shape index (κ1) is 15.7. The van der Waals surface area contributed by atoms with E-state index in [1.54, 1.807) is 18.3 Å². The summed E-state index contributed by atoms with van der Waals surface area (Å²) in [6.07, 6.45) is 4.11. The molecule has 20 heavy (non-hydrogen) atoms. The van der Waals surface area contributed by atoms with Gasteiger partial charge < -0.3 is 15.3 Å². The number of pyridine rings is 1. The van der Waals surface area contributed by atoms with Crippen molar-refractivity contribution in [3.05, 3.63) is 30.0 Å². The molecule has 0 aliphatic carbocycles.